The molecule has 7 nitrogen and oxygen atoms in total. The maximum absolute atomic E-state index is 10.8. The van der Waals surface area contributed by atoms with Gasteiger partial charge in [-0.05, 0) is 43.3 Å². The van der Waals surface area contributed by atoms with Crippen LogP contribution in [-0.4, -0.2) is 39.3 Å². The number of para-hydroxylation sites is 1. The molecule has 0 saturated carbocycles. The van der Waals surface area contributed by atoms with Crippen LogP contribution in [0.15, 0.2) is 48.5 Å². The van der Waals surface area contributed by atoms with Crippen LogP contribution in [-0.2, 0) is 11.3 Å². The van der Waals surface area contributed by atoms with Crippen LogP contribution in [0.2, 0.25) is 0 Å². The molecule has 1 atom stereocenters. The van der Waals surface area contributed by atoms with Crippen molar-refractivity contribution in [2.24, 2.45) is 0 Å². The molecular formula is C19H21N3O4S. The molecule has 0 spiro atoms. The molecule has 0 aliphatic carbocycles. The van der Waals surface area contributed by atoms with Crippen LogP contribution in [0, 0.1) is 10.1 Å². The van der Waals surface area contributed by atoms with Crippen LogP contribution in [0.1, 0.15) is 18.4 Å². The average molecular weight is 387 g/mol. The molecule has 2 aromatic carbocycles. The van der Waals surface area contributed by atoms with Gasteiger partial charge in [-0.15, -0.1) is 0 Å². The Morgan fingerprint density at radius 2 is 2.04 bits per heavy atom. The lowest BCUT2D eigenvalue weighted by molar-refractivity contribution is -0.384. The van der Waals surface area contributed by atoms with Gasteiger partial charge < -0.3 is 20.1 Å². The Kier molecular flexibility index (Phi) is 6.20. The fourth-order valence-corrected chi connectivity index (χ4v) is 3.23. The van der Waals surface area contributed by atoms with Crippen LogP contribution >= 0.6 is 12.2 Å². The Hall–Kier alpha value is -2.71. The highest BCUT2D eigenvalue weighted by molar-refractivity contribution is 7.80. The highest BCUT2D eigenvalue weighted by Crippen LogP contribution is 2.22. The lowest BCUT2D eigenvalue weighted by Gasteiger charge is -2.28. The van der Waals surface area contributed by atoms with Crippen molar-refractivity contribution in [2.75, 3.05) is 18.5 Å². The van der Waals surface area contributed by atoms with E-state index in [4.69, 9.17) is 17.0 Å². The number of hydrogen-bond donors (Lipinski definition) is 2. The second kappa shape index (κ2) is 8.79. The van der Waals surface area contributed by atoms with E-state index in [9.17, 15) is 15.2 Å². The lowest BCUT2D eigenvalue weighted by atomic mass is 10.1. The van der Waals surface area contributed by atoms with E-state index in [2.05, 4.69) is 5.32 Å². The fourth-order valence-electron chi connectivity index (χ4n) is 2.97. The summed E-state index contributed by atoms with van der Waals surface area (Å²) in [6.07, 6.45) is 2.09. The summed E-state index contributed by atoms with van der Waals surface area (Å²) in [7, 11) is 0. The SMILES string of the molecule is O=[N+]([O-])c1ccc(NC(=S)N(Cc2ccccc2O)CC2CCCO2)cc1. The van der Waals surface area contributed by atoms with Gasteiger partial charge in [-0.2, -0.15) is 0 Å². The van der Waals surface area contributed by atoms with E-state index < -0.39 is 4.92 Å². The third-order valence-electron chi connectivity index (χ3n) is 4.42. The molecule has 3 rings (SSSR count). The maximum Gasteiger partial charge on any atom is 0.269 e. The number of nitro benzene ring substituents is 1. The van der Waals surface area contributed by atoms with Gasteiger partial charge in [-0.1, -0.05) is 18.2 Å². The van der Waals surface area contributed by atoms with Crippen molar-refractivity contribution in [1.82, 2.24) is 4.90 Å². The van der Waals surface area contributed by atoms with Gasteiger partial charge in [0.25, 0.3) is 5.69 Å². The van der Waals surface area contributed by atoms with Crippen molar-refractivity contribution in [2.45, 2.75) is 25.5 Å². The van der Waals surface area contributed by atoms with Crippen molar-refractivity contribution in [1.29, 1.82) is 0 Å². The second-order valence-corrected chi connectivity index (χ2v) is 6.77. The Bertz CT molecular complexity index is 807. The molecule has 8 heteroatoms. The summed E-state index contributed by atoms with van der Waals surface area (Å²) in [4.78, 5) is 12.3. The average Bonchev–Trinajstić information content (AvgIpc) is 3.16. The number of rotatable bonds is 6. The first-order valence-corrected chi connectivity index (χ1v) is 9.12. The number of non-ortho nitro benzene ring substituents is 1. The molecule has 2 aromatic rings. The van der Waals surface area contributed by atoms with E-state index >= 15 is 0 Å². The van der Waals surface area contributed by atoms with E-state index in [0.29, 0.717) is 23.9 Å². The summed E-state index contributed by atoms with van der Waals surface area (Å²) in [5.41, 5.74) is 1.46. The van der Waals surface area contributed by atoms with Crippen molar-refractivity contribution in [3.05, 3.63) is 64.2 Å². The van der Waals surface area contributed by atoms with Gasteiger partial charge in [0, 0.05) is 43.1 Å². The van der Waals surface area contributed by atoms with Gasteiger partial charge in [0.2, 0.25) is 0 Å². The van der Waals surface area contributed by atoms with Crippen molar-refractivity contribution in [3.63, 3.8) is 0 Å². The number of benzene rings is 2. The first-order chi connectivity index (χ1) is 13.0. The van der Waals surface area contributed by atoms with Crippen molar-refractivity contribution >= 4 is 28.7 Å². The largest absolute Gasteiger partial charge is 0.508 e. The summed E-state index contributed by atoms with van der Waals surface area (Å²) in [5, 5.41) is 24.5. The number of nitro groups is 1. The van der Waals surface area contributed by atoms with Crippen LogP contribution in [0.4, 0.5) is 11.4 Å². The molecule has 1 aliphatic heterocycles. The first-order valence-electron chi connectivity index (χ1n) is 8.72. The third-order valence-corrected chi connectivity index (χ3v) is 4.78. The number of phenolic OH excluding ortho intramolecular Hbond substituents is 1. The quantitative estimate of drug-likeness (QED) is 0.444. The smallest absolute Gasteiger partial charge is 0.269 e. The van der Waals surface area contributed by atoms with Crippen LogP contribution in [0.25, 0.3) is 0 Å². The van der Waals surface area contributed by atoms with Gasteiger partial charge in [0.1, 0.15) is 5.75 Å². The van der Waals surface area contributed by atoms with Gasteiger partial charge in [-0.3, -0.25) is 10.1 Å². The van der Waals surface area contributed by atoms with Crippen LogP contribution in [0.5, 0.6) is 5.75 Å². The number of nitrogens with one attached hydrogen (secondary N) is 1. The van der Waals surface area contributed by atoms with E-state index in [0.717, 1.165) is 25.0 Å². The zero-order valence-electron chi connectivity index (χ0n) is 14.7. The number of thiocarbonyl (C=S) groups is 1. The first kappa shape index (κ1) is 19.1. The minimum absolute atomic E-state index is 0.0249. The molecule has 2 N–H and O–H groups in total. The highest BCUT2D eigenvalue weighted by atomic mass is 32.1. The van der Waals surface area contributed by atoms with Crippen LogP contribution < -0.4 is 5.32 Å². The minimum atomic E-state index is -0.440. The van der Waals surface area contributed by atoms with E-state index in [1.54, 1.807) is 24.3 Å². The molecule has 1 fully saturated rings. The highest BCUT2D eigenvalue weighted by Gasteiger charge is 2.22. The Morgan fingerprint density at radius 3 is 2.67 bits per heavy atom. The van der Waals surface area contributed by atoms with Gasteiger partial charge in [0.05, 0.1) is 11.0 Å². The number of hydrogen-bond acceptors (Lipinski definition) is 5. The molecule has 0 radical (unpaired) electrons. The summed E-state index contributed by atoms with van der Waals surface area (Å²) in [6, 6.07) is 13.2. The standard InChI is InChI=1S/C19H21N3O4S/c23-18-6-2-1-4-14(18)12-21(13-17-5-3-11-26-17)19(27)20-15-7-9-16(10-8-15)22(24)25/h1-2,4,6-10,17,23H,3,5,11-13H2,(H,20,27). The van der Waals surface area contributed by atoms with Gasteiger partial charge in [-0.25, -0.2) is 0 Å². The summed E-state index contributed by atoms with van der Waals surface area (Å²) in [5.74, 6) is 0.216. The number of nitrogens with zero attached hydrogens (tertiary/aromatic N) is 2. The third kappa shape index (κ3) is 5.15. The van der Waals surface area contributed by atoms with Crippen molar-refractivity contribution in [3.8, 4) is 5.75 Å². The number of phenols is 1. The zero-order chi connectivity index (χ0) is 19.2. The summed E-state index contributed by atoms with van der Waals surface area (Å²) >= 11 is 5.56. The maximum atomic E-state index is 10.8. The van der Waals surface area contributed by atoms with E-state index in [-0.39, 0.29) is 17.5 Å². The van der Waals surface area contributed by atoms with E-state index in [1.807, 2.05) is 17.0 Å². The molecule has 1 unspecified atom stereocenters. The predicted octanol–water partition coefficient (Wildman–Crippen LogP) is 3.68. The molecule has 1 saturated heterocycles. The van der Waals surface area contributed by atoms with E-state index in [1.165, 1.54) is 12.1 Å². The molecule has 1 heterocycles. The van der Waals surface area contributed by atoms with Crippen LogP contribution in [0.3, 0.4) is 0 Å². The minimum Gasteiger partial charge on any atom is -0.508 e. The molecule has 0 aromatic heterocycles. The molecule has 1 aliphatic rings. The van der Waals surface area contributed by atoms with Gasteiger partial charge >= 0.3 is 0 Å². The number of ether oxygens (including phenoxy) is 1. The van der Waals surface area contributed by atoms with Crippen molar-refractivity contribution < 1.29 is 14.8 Å². The monoisotopic (exact) mass is 387 g/mol. The topological polar surface area (TPSA) is 87.9 Å². The normalized spacial score (nSPS) is 16.1. The lowest BCUT2D eigenvalue weighted by Crippen LogP contribution is -2.39. The number of aromatic hydroxyl groups is 1. The fraction of sp³-hybridized carbons (Fsp3) is 0.316. The molecule has 0 amide bonds. The summed E-state index contributed by atoms with van der Waals surface area (Å²) < 4.78 is 5.73. The number of anilines is 1. The van der Waals surface area contributed by atoms with Gasteiger partial charge in [0.15, 0.2) is 5.11 Å². The molecular weight excluding hydrogens is 366 g/mol. The Balaban J connectivity index is 1.73. The molecule has 142 valence electrons. The Morgan fingerprint density at radius 1 is 1.30 bits per heavy atom. The second-order valence-electron chi connectivity index (χ2n) is 6.38. The Labute approximate surface area is 162 Å². The summed E-state index contributed by atoms with van der Waals surface area (Å²) in [6.45, 7) is 1.79. The molecule has 0 bridgehead atoms. The zero-order valence-corrected chi connectivity index (χ0v) is 15.5. The molecule has 27 heavy (non-hydrogen) atoms. The predicted molar refractivity (Wildman–Crippen MR) is 107 cm³/mol.